The number of anilines is 1. The highest BCUT2D eigenvalue weighted by molar-refractivity contribution is 6.04. The Morgan fingerprint density at radius 2 is 1.60 bits per heavy atom. The fourth-order valence-corrected chi connectivity index (χ4v) is 1.71. The molecule has 3 N–H and O–H groups in total. The van der Waals surface area contributed by atoms with E-state index in [0.29, 0.717) is 11.3 Å². The Hall–Kier alpha value is -2.69. The molecule has 0 saturated carbocycles. The summed E-state index contributed by atoms with van der Waals surface area (Å²) in [6, 6.07) is 12.1. The highest BCUT2D eigenvalue weighted by Crippen LogP contribution is 2.12. The summed E-state index contributed by atoms with van der Waals surface area (Å²) in [4.78, 5) is 22.6. The van der Waals surface area contributed by atoms with Crippen LogP contribution in [0.3, 0.4) is 0 Å². The number of nitrogens with two attached hydrogens (primary N) is 1. The third kappa shape index (κ3) is 3.65. The first-order valence-electron chi connectivity index (χ1n) is 5.99. The lowest BCUT2D eigenvalue weighted by Crippen LogP contribution is -2.14. The van der Waals surface area contributed by atoms with Crippen molar-refractivity contribution >= 4 is 17.5 Å². The van der Waals surface area contributed by atoms with Gasteiger partial charge in [0.1, 0.15) is 5.82 Å². The van der Waals surface area contributed by atoms with Crippen molar-refractivity contribution in [2.45, 2.75) is 6.42 Å². The van der Waals surface area contributed by atoms with E-state index in [2.05, 4.69) is 5.32 Å². The Labute approximate surface area is 115 Å². The molecule has 0 fully saturated rings. The molecule has 2 aromatic rings. The van der Waals surface area contributed by atoms with Gasteiger partial charge in [-0.1, -0.05) is 12.1 Å². The fourth-order valence-electron chi connectivity index (χ4n) is 1.71. The monoisotopic (exact) mass is 272 g/mol. The van der Waals surface area contributed by atoms with Crippen LogP contribution in [0.15, 0.2) is 48.5 Å². The molecule has 2 amide bonds. The lowest BCUT2D eigenvalue weighted by atomic mass is 10.1. The van der Waals surface area contributed by atoms with Crippen LogP contribution in [0.2, 0.25) is 0 Å². The van der Waals surface area contributed by atoms with E-state index >= 15 is 0 Å². The zero-order valence-corrected chi connectivity index (χ0v) is 10.6. The van der Waals surface area contributed by atoms with E-state index in [4.69, 9.17) is 5.73 Å². The van der Waals surface area contributed by atoms with Gasteiger partial charge in [-0.25, -0.2) is 4.39 Å². The first-order chi connectivity index (χ1) is 9.54. The van der Waals surface area contributed by atoms with Crippen molar-refractivity contribution in [1.82, 2.24) is 0 Å². The van der Waals surface area contributed by atoms with E-state index < -0.39 is 11.7 Å². The number of halogens is 1. The molecule has 0 atom stereocenters. The van der Waals surface area contributed by atoms with Crippen molar-refractivity contribution in [2.75, 3.05) is 5.32 Å². The van der Waals surface area contributed by atoms with E-state index in [-0.39, 0.29) is 12.3 Å². The molecule has 0 spiro atoms. The number of nitrogens with one attached hydrogen (secondary N) is 1. The number of hydrogen-bond acceptors (Lipinski definition) is 2. The number of hydrogen-bond donors (Lipinski definition) is 2. The molecule has 0 aliphatic heterocycles. The van der Waals surface area contributed by atoms with Crippen molar-refractivity contribution in [3.8, 4) is 0 Å². The predicted molar refractivity (Wildman–Crippen MR) is 73.7 cm³/mol. The number of primary amides is 1. The quantitative estimate of drug-likeness (QED) is 0.894. The molecule has 2 aromatic carbocycles. The van der Waals surface area contributed by atoms with Crippen LogP contribution in [0.25, 0.3) is 0 Å². The van der Waals surface area contributed by atoms with Crippen LogP contribution < -0.4 is 11.1 Å². The number of amides is 2. The lowest BCUT2D eigenvalue weighted by Gasteiger charge is -2.06. The Bertz CT molecular complexity index is 621. The second-order valence-electron chi connectivity index (χ2n) is 4.30. The Kier molecular flexibility index (Phi) is 4.10. The summed E-state index contributed by atoms with van der Waals surface area (Å²) in [5.74, 6) is -1.13. The molecular weight excluding hydrogens is 259 g/mol. The molecule has 0 aliphatic rings. The number of rotatable bonds is 4. The van der Waals surface area contributed by atoms with Crippen molar-refractivity contribution in [3.63, 3.8) is 0 Å². The molecule has 2 rings (SSSR count). The van der Waals surface area contributed by atoms with Crippen LogP contribution in [0.4, 0.5) is 10.1 Å². The van der Waals surface area contributed by atoms with Gasteiger partial charge >= 0.3 is 0 Å². The molecule has 0 bridgehead atoms. The highest BCUT2D eigenvalue weighted by atomic mass is 19.1. The third-order valence-corrected chi connectivity index (χ3v) is 2.70. The van der Waals surface area contributed by atoms with Gasteiger partial charge in [0.25, 0.3) is 5.91 Å². The smallest absolute Gasteiger partial charge is 0.255 e. The van der Waals surface area contributed by atoms with Crippen LogP contribution in [0, 0.1) is 5.82 Å². The maximum Gasteiger partial charge on any atom is 0.255 e. The summed E-state index contributed by atoms with van der Waals surface area (Å²) in [5.41, 5.74) is 6.83. The van der Waals surface area contributed by atoms with Gasteiger partial charge in [-0.15, -0.1) is 0 Å². The standard InChI is InChI=1S/C15H13FN2O2/c16-12-5-3-11(4-6-12)15(20)18-13-7-1-10(2-8-13)9-14(17)19/h1-8H,9H2,(H2,17,19)(H,18,20). The Morgan fingerprint density at radius 1 is 1.00 bits per heavy atom. The molecule has 0 aliphatic carbocycles. The average Bonchev–Trinajstić information content (AvgIpc) is 2.41. The highest BCUT2D eigenvalue weighted by Gasteiger charge is 2.06. The molecule has 20 heavy (non-hydrogen) atoms. The normalized spacial score (nSPS) is 10.1. The predicted octanol–water partition coefficient (Wildman–Crippen LogP) is 2.11. The van der Waals surface area contributed by atoms with Gasteiger partial charge in [0.2, 0.25) is 5.91 Å². The van der Waals surface area contributed by atoms with E-state index in [1.165, 1.54) is 24.3 Å². The summed E-state index contributed by atoms with van der Waals surface area (Å²) in [6.07, 6.45) is 0.159. The second kappa shape index (κ2) is 5.97. The SMILES string of the molecule is NC(=O)Cc1ccc(NC(=O)c2ccc(F)cc2)cc1. The number of carbonyl (C=O) groups is 2. The summed E-state index contributed by atoms with van der Waals surface area (Å²) in [5, 5.41) is 2.68. The van der Waals surface area contributed by atoms with Gasteiger partial charge in [0.05, 0.1) is 6.42 Å². The maximum absolute atomic E-state index is 12.8. The van der Waals surface area contributed by atoms with Gasteiger partial charge in [0.15, 0.2) is 0 Å². The average molecular weight is 272 g/mol. The van der Waals surface area contributed by atoms with Gasteiger partial charge in [0, 0.05) is 11.3 Å². The summed E-state index contributed by atoms with van der Waals surface area (Å²) in [6.45, 7) is 0. The van der Waals surface area contributed by atoms with Crippen molar-refractivity contribution in [2.24, 2.45) is 5.73 Å². The molecule has 0 aromatic heterocycles. The second-order valence-corrected chi connectivity index (χ2v) is 4.30. The van der Waals surface area contributed by atoms with Crippen molar-refractivity contribution in [1.29, 1.82) is 0 Å². The summed E-state index contributed by atoms with van der Waals surface area (Å²) in [7, 11) is 0. The third-order valence-electron chi connectivity index (χ3n) is 2.70. The first kappa shape index (κ1) is 13.7. The van der Waals surface area contributed by atoms with Gasteiger partial charge < -0.3 is 11.1 Å². The molecule has 0 heterocycles. The molecule has 4 nitrogen and oxygen atoms in total. The lowest BCUT2D eigenvalue weighted by molar-refractivity contribution is -0.117. The van der Waals surface area contributed by atoms with E-state index in [0.717, 1.165) is 5.56 Å². The number of benzene rings is 2. The topological polar surface area (TPSA) is 72.2 Å². The Morgan fingerprint density at radius 3 is 2.15 bits per heavy atom. The van der Waals surface area contributed by atoms with E-state index in [1.807, 2.05) is 0 Å². The maximum atomic E-state index is 12.8. The molecule has 0 radical (unpaired) electrons. The van der Waals surface area contributed by atoms with Crippen LogP contribution in [-0.2, 0) is 11.2 Å². The van der Waals surface area contributed by atoms with Crippen molar-refractivity contribution in [3.05, 3.63) is 65.5 Å². The van der Waals surface area contributed by atoms with E-state index in [1.54, 1.807) is 24.3 Å². The zero-order chi connectivity index (χ0) is 14.5. The van der Waals surface area contributed by atoms with Gasteiger partial charge in [-0.2, -0.15) is 0 Å². The molecular formula is C15H13FN2O2. The van der Waals surface area contributed by atoms with Gasteiger partial charge in [-0.3, -0.25) is 9.59 Å². The molecule has 0 unspecified atom stereocenters. The molecule has 0 saturated heterocycles. The van der Waals surface area contributed by atoms with Crippen LogP contribution in [-0.4, -0.2) is 11.8 Å². The first-order valence-corrected chi connectivity index (χ1v) is 5.99. The van der Waals surface area contributed by atoms with E-state index in [9.17, 15) is 14.0 Å². The minimum Gasteiger partial charge on any atom is -0.369 e. The molecule has 102 valence electrons. The largest absolute Gasteiger partial charge is 0.369 e. The van der Waals surface area contributed by atoms with Crippen molar-refractivity contribution < 1.29 is 14.0 Å². The van der Waals surface area contributed by atoms with Gasteiger partial charge in [-0.05, 0) is 42.0 Å². The minimum atomic E-state index is -0.409. The summed E-state index contributed by atoms with van der Waals surface area (Å²) >= 11 is 0. The minimum absolute atomic E-state index is 0.159. The summed E-state index contributed by atoms with van der Waals surface area (Å²) < 4.78 is 12.8. The van der Waals surface area contributed by atoms with Crippen LogP contribution >= 0.6 is 0 Å². The zero-order valence-electron chi connectivity index (χ0n) is 10.6. The van der Waals surface area contributed by atoms with Crippen LogP contribution in [0.1, 0.15) is 15.9 Å². The fraction of sp³-hybridized carbons (Fsp3) is 0.0667. The number of carbonyl (C=O) groups excluding carboxylic acids is 2. The van der Waals surface area contributed by atoms with Crippen LogP contribution in [0.5, 0.6) is 0 Å². The Balaban J connectivity index is 2.04. The molecule has 5 heteroatoms.